The van der Waals surface area contributed by atoms with Crippen LogP contribution in [0.3, 0.4) is 0 Å². The summed E-state index contributed by atoms with van der Waals surface area (Å²) in [5.74, 6) is 0.585. The van der Waals surface area contributed by atoms with Gasteiger partial charge in [-0.15, -0.1) is 0 Å². The number of likely N-dealkylation sites (tertiary alicyclic amines) is 1. The number of carbonyl (C=O) groups is 2. The quantitative estimate of drug-likeness (QED) is 0.618. The minimum atomic E-state index is -0.336. The molecule has 2 heterocycles. The Balaban J connectivity index is 1.62. The maximum Gasteiger partial charge on any atom is 0.346 e. The molecule has 1 aliphatic heterocycles. The summed E-state index contributed by atoms with van der Waals surface area (Å²) in [7, 11) is 0. The molecule has 0 unspecified atom stereocenters. The summed E-state index contributed by atoms with van der Waals surface area (Å²) < 4.78 is 8.16. The highest BCUT2D eigenvalue weighted by Gasteiger charge is 2.28. The van der Waals surface area contributed by atoms with Crippen molar-refractivity contribution in [3.63, 3.8) is 0 Å². The zero-order chi connectivity index (χ0) is 21.5. The highest BCUT2D eigenvalue weighted by molar-refractivity contribution is 5.81. The zero-order valence-corrected chi connectivity index (χ0v) is 17.7. The summed E-state index contributed by atoms with van der Waals surface area (Å²) in [5.41, 5.74) is 0.943. The molecule has 0 spiro atoms. The van der Waals surface area contributed by atoms with E-state index >= 15 is 0 Å². The first kappa shape index (κ1) is 21.8. The van der Waals surface area contributed by atoms with Gasteiger partial charge in [0.15, 0.2) is 0 Å². The molecule has 0 radical (unpaired) electrons. The van der Waals surface area contributed by atoms with E-state index in [-0.39, 0.29) is 36.3 Å². The van der Waals surface area contributed by atoms with Crippen LogP contribution in [-0.2, 0) is 27.4 Å². The normalized spacial score (nSPS) is 14.7. The lowest BCUT2D eigenvalue weighted by atomic mass is 9.95. The van der Waals surface area contributed by atoms with Crippen LogP contribution in [-0.4, -0.2) is 50.8 Å². The Bertz CT molecular complexity index is 911. The minimum Gasteiger partial charge on any atom is -0.466 e. The van der Waals surface area contributed by atoms with Gasteiger partial charge in [-0.25, -0.2) is 9.48 Å². The van der Waals surface area contributed by atoms with E-state index in [4.69, 9.17) is 4.74 Å². The van der Waals surface area contributed by atoms with Crippen LogP contribution in [0.15, 0.2) is 35.1 Å². The van der Waals surface area contributed by atoms with Crippen molar-refractivity contribution >= 4 is 11.9 Å². The number of amides is 1. The number of aromatic nitrogens is 3. The molecule has 8 heteroatoms. The molecule has 0 saturated carbocycles. The van der Waals surface area contributed by atoms with Crippen LogP contribution >= 0.6 is 0 Å². The van der Waals surface area contributed by atoms with Crippen LogP contribution in [0.25, 0.3) is 0 Å². The molecule has 2 aromatic rings. The fourth-order valence-corrected chi connectivity index (χ4v) is 3.90. The van der Waals surface area contributed by atoms with E-state index in [2.05, 4.69) is 5.10 Å². The van der Waals surface area contributed by atoms with Crippen LogP contribution < -0.4 is 5.69 Å². The van der Waals surface area contributed by atoms with Crippen molar-refractivity contribution in [1.82, 2.24) is 19.2 Å². The van der Waals surface area contributed by atoms with Crippen molar-refractivity contribution < 1.29 is 14.3 Å². The second kappa shape index (κ2) is 10.2. The van der Waals surface area contributed by atoms with Crippen molar-refractivity contribution in [2.24, 2.45) is 0 Å². The van der Waals surface area contributed by atoms with Gasteiger partial charge in [-0.1, -0.05) is 30.3 Å². The molecule has 0 aliphatic carbocycles. The number of rotatable bonds is 8. The highest BCUT2D eigenvalue weighted by atomic mass is 16.5. The first-order valence-corrected chi connectivity index (χ1v) is 10.7. The minimum absolute atomic E-state index is 0.0241. The van der Waals surface area contributed by atoms with Crippen LogP contribution in [0.2, 0.25) is 0 Å². The lowest BCUT2D eigenvalue weighted by Crippen LogP contribution is -2.38. The SMILES string of the molecule is CCOC(=O)CCC(=O)N1CCC(c2nn(Cc3ccccc3)c(=O)n2CC)CC1. The van der Waals surface area contributed by atoms with Crippen LogP contribution in [0.4, 0.5) is 0 Å². The number of esters is 1. The number of piperidine rings is 1. The second-order valence-electron chi connectivity index (χ2n) is 7.49. The first-order chi connectivity index (χ1) is 14.5. The van der Waals surface area contributed by atoms with Gasteiger partial charge < -0.3 is 9.64 Å². The van der Waals surface area contributed by atoms with Crippen LogP contribution in [0, 0.1) is 0 Å². The molecule has 8 nitrogen and oxygen atoms in total. The van der Waals surface area contributed by atoms with E-state index < -0.39 is 0 Å². The van der Waals surface area contributed by atoms with Crippen LogP contribution in [0.1, 0.15) is 56.8 Å². The average molecular weight is 415 g/mol. The summed E-state index contributed by atoms with van der Waals surface area (Å²) in [4.78, 5) is 38.4. The van der Waals surface area contributed by atoms with Gasteiger partial charge in [0.05, 0.1) is 19.6 Å². The van der Waals surface area contributed by atoms with Gasteiger partial charge in [0.1, 0.15) is 5.82 Å². The maximum absolute atomic E-state index is 12.8. The monoisotopic (exact) mass is 414 g/mol. The van der Waals surface area contributed by atoms with Gasteiger partial charge in [0, 0.05) is 32.0 Å². The van der Waals surface area contributed by atoms with E-state index in [0.717, 1.165) is 24.2 Å². The summed E-state index contributed by atoms with van der Waals surface area (Å²) in [6.45, 7) is 6.27. The maximum atomic E-state index is 12.8. The Kier molecular flexibility index (Phi) is 7.43. The molecule has 0 atom stereocenters. The summed E-state index contributed by atoms with van der Waals surface area (Å²) in [6.07, 6.45) is 1.81. The van der Waals surface area contributed by atoms with Crippen LogP contribution in [0.5, 0.6) is 0 Å². The molecule has 162 valence electrons. The summed E-state index contributed by atoms with van der Waals surface area (Å²) >= 11 is 0. The predicted molar refractivity (Wildman–Crippen MR) is 112 cm³/mol. The average Bonchev–Trinajstić information content (AvgIpc) is 3.08. The Morgan fingerprint density at radius 2 is 1.80 bits per heavy atom. The third-order valence-corrected chi connectivity index (χ3v) is 5.50. The summed E-state index contributed by atoms with van der Waals surface area (Å²) in [6, 6.07) is 9.82. The van der Waals surface area contributed by atoms with Crippen molar-refractivity contribution in [2.75, 3.05) is 19.7 Å². The van der Waals surface area contributed by atoms with Gasteiger partial charge in [-0.3, -0.25) is 14.2 Å². The van der Waals surface area contributed by atoms with Gasteiger partial charge in [0.25, 0.3) is 0 Å². The largest absolute Gasteiger partial charge is 0.466 e. The van der Waals surface area contributed by atoms with Gasteiger partial charge in [-0.05, 0) is 32.3 Å². The smallest absolute Gasteiger partial charge is 0.346 e. The van der Waals surface area contributed by atoms with Crippen molar-refractivity contribution in [1.29, 1.82) is 0 Å². The standard InChI is InChI=1S/C22H30N4O4/c1-3-25-21(23-26(22(25)29)16-17-8-6-5-7-9-17)18-12-14-24(15-13-18)19(27)10-11-20(28)30-4-2/h5-9,18H,3-4,10-16H2,1-2H3. The van der Waals surface area contributed by atoms with E-state index in [1.54, 1.807) is 16.4 Å². The predicted octanol–water partition coefficient (Wildman–Crippen LogP) is 2.16. The van der Waals surface area contributed by atoms with Gasteiger partial charge >= 0.3 is 11.7 Å². The van der Waals surface area contributed by atoms with Crippen molar-refractivity contribution in [3.8, 4) is 0 Å². The fraction of sp³-hybridized carbons (Fsp3) is 0.545. The fourth-order valence-electron chi connectivity index (χ4n) is 3.90. The Morgan fingerprint density at radius 1 is 1.10 bits per heavy atom. The Labute approximate surface area is 176 Å². The highest BCUT2D eigenvalue weighted by Crippen LogP contribution is 2.26. The lowest BCUT2D eigenvalue weighted by molar-refractivity contribution is -0.145. The Morgan fingerprint density at radius 3 is 2.43 bits per heavy atom. The number of nitrogens with zero attached hydrogens (tertiary/aromatic N) is 4. The molecule has 1 aliphatic rings. The third-order valence-electron chi connectivity index (χ3n) is 5.50. The van der Waals surface area contributed by atoms with Gasteiger partial charge in [0.2, 0.25) is 5.91 Å². The third kappa shape index (κ3) is 5.17. The molecule has 1 amide bonds. The molecular weight excluding hydrogens is 384 g/mol. The molecule has 30 heavy (non-hydrogen) atoms. The van der Waals surface area contributed by atoms with Crippen molar-refractivity contribution in [3.05, 3.63) is 52.2 Å². The molecule has 3 rings (SSSR count). The molecule has 1 aromatic heterocycles. The molecule has 0 bridgehead atoms. The van der Waals surface area contributed by atoms with Crippen molar-refractivity contribution in [2.45, 2.75) is 58.5 Å². The topological polar surface area (TPSA) is 86.4 Å². The number of ether oxygens (including phenoxy) is 1. The van der Waals surface area contributed by atoms with E-state index in [1.165, 1.54) is 4.68 Å². The van der Waals surface area contributed by atoms with E-state index in [1.807, 2.05) is 37.3 Å². The number of hydrogen-bond donors (Lipinski definition) is 0. The number of carbonyl (C=O) groups excluding carboxylic acids is 2. The Hall–Kier alpha value is -2.90. The molecule has 1 saturated heterocycles. The van der Waals surface area contributed by atoms with E-state index in [9.17, 15) is 14.4 Å². The molecule has 1 fully saturated rings. The zero-order valence-electron chi connectivity index (χ0n) is 17.7. The molecular formula is C22H30N4O4. The molecule has 1 aromatic carbocycles. The first-order valence-electron chi connectivity index (χ1n) is 10.7. The number of benzene rings is 1. The van der Waals surface area contributed by atoms with E-state index in [0.29, 0.717) is 32.8 Å². The van der Waals surface area contributed by atoms with Gasteiger partial charge in [-0.2, -0.15) is 5.10 Å². The second-order valence-corrected chi connectivity index (χ2v) is 7.49. The lowest BCUT2D eigenvalue weighted by Gasteiger charge is -2.31. The summed E-state index contributed by atoms with van der Waals surface area (Å²) in [5, 5.41) is 4.65. The number of hydrogen-bond acceptors (Lipinski definition) is 5. The molecule has 0 N–H and O–H groups in total.